The van der Waals surface area contributed by atoms with Crippen molar-refractivity contribution in [3.63, 3.8) is 0 Å². The van der Waals surface area contributed by atoms with Crippen LogP contribution in [-0.4, -0.2) is 35.3 Å². The van der Waals surface area contributed by atoms with Gasteiger partial charge in [0.1, 0.15) is 0 Å². The molecule has 39 heavy (non-hydrogen) atoms. The van der Waals surface area contributed by atoms with Crippen LogP contribution in [0.3, 0.4) is 0 Å². The van der Waals surface area contributed by atoms with Crippen LogP contribution in [0.2, 0.25) is 0 Å². The first-order valence-electron chi connectivity index (χ1n) is 13.1. The molecule has 1 unspecified atom stereocenters. The molecular weight excluding hydrogens is 512 g/mol. The Balaban J connectivity index is 1.94. The molecule has 0 spiro atoms. The Morgan fingerprint density at radius 1 is 0.949 bits per heavy atom. The van der Waals surface area contributed by atoms with E-state index in [1.165, 1.54) is 11.3 Å². The Bertz CT molecular complexity index is 1540. The zero-order valence-corrected chi connectivity index (χ0v) is 24.8. The van der Waals surface area contributed by atoms with Gasteiger partial charge in [-0.2, -0.15) is 0 Å². The molecule has 2 heterocycles. The number of thiazole rings is 1. The molecule has 0 aliphatic heterocycles. The molecule has 9 heteroatoms. The average molecular weight is 551 g/mol. The number of para-hydroxylation sites is 1. The van der Waals surface area contributed by atoms with Crippen LogP contribution in [-0.2, 0) is 7.05 Å². The number of nitrogens with zero attached hydrogens (tertiary/aromatic N) is 4. The number of ether oxygens (including phenoxy) is 3. The standard InChI is InChI=1S/C30H38N4O4S/c1-19(2)14-15-20(3)33-24(22-16-25(36-6)28(38-8)26(17-22)37-7)18-39-30(33)31-27-21(4)32(5)34(29(27)35)23-12-10-9-11-13-23/h9-13,16-20H,14-15H2,1-8H3. The maximum Gasteiger partial charge on any atom is 0.297 e. The van der Waals surface area contributed by atoms with E-state index < -0.39 is 0 Å². The summed E-state index contributed by atoms with van der Waals surface area (Å²) in [5.74, 6) is 2.29. The van der Waals surface area contributed by atoms with Crippen LogP contribution in [0.5, 0.6) is 17.2 Å². The predicted molar refractivity (Wildman–Crippen MR) is 157 cm³/mol. The van der Waals surface area contributed by atoms with Crippen LogP contribution in [0.15, 0.2) is 57.6 Å². The molecule has 0 fully saturated rings. The van der Waals surface area contributed by atoms with E-state index in [1.54, 1.807) is 26.0 Å². The molecule has 4 rings (SSSR count). The quantitative estimate of drug-likeness (QED) is 0.233. The minimum Gasteiger partial charge on any atom is -0.493 e. The normalized spacial score (nSPS) is 12.7. The topological polar surface area (TPSA) is 71.9 Å². The fraction of sp³-hybridized carbons (Fsp3) is 0.400. The largest absolute Gasteiger partial charge is 0.493 e. The first kappa shape index (κ1) is 28.3. The molecule has 0 aliphatic carbocycles. The van der Waals surface area contributed by atoms with Crippen LogP contribution in [0, 0.1) is 12.8 Å². The van der Waals surface area contributed by atoms with E-state index in [4.69, 9.17) is 19.2 Å². The van der Waals surface area contributed by atoms with Gasteiger partial charge in [-0.3, -0.25) is 9.48 Å². The molecule has 0 bridgehead atoms. The Morgan fingerprint density at radius 2 is 1.59 bits per heavy atom. The third-order valence-corrected chi connectivity index (χ3v) is 7.88. The van der Waals surface area contributed by atoms with Gasteiger partial charge in [0.2, 0.25) is 5.75 Å². The molecule has 0 radical (unpaired) electrons. The first-order valence-corrected chi connectivity index (χ1v) is 14.0. The number of hydrogen-bond donors (Lipinski definition) is 0. The highest BCUT2D eigenvalue weighted by Gasteiger charge is 2.21. The number of benzene rings is 2. The highest BCUT2D eigenvalue weighted by Crippen LogP contribution is 2.41. The van der Waals surface area contributed by atoms with Gasteiger partial charge in [-0.05, 0) is 56.9 Å². The fourth-order valence-corrected chi connectivity index (χ4v) is 5.75. The van der Waals surface area contributed by atoms with E-state index in [-0.39, 0.29) is 11.6 Å². The summed E-state index contributed by atoms with van der Waals surface area (Å²) in [6, 6.07) is 13.7. The van der Waals surface area contributed by atoms with Crippen molar-refractivity contribution in [3.05, 3.63) is 68.7 Å². The van der Waals surface area contributed by atoms with E-state index in [0.29, 0.717) is 28.9 Å². The van der Waals surface area contributed by atoms with Crippen molar-refractivity contribution in [2.45, 2.75) is 46.6 Å². The summed E-state index contributed by atoms with van der Waals surface area (Å²) in [5, 5.41) is 2.08. The monoisotopic (exact) mass is 550 g/mol. The lowest BCUT2D eigenvalue weighted by atomic mass is 10.0. The van der Waals surface area contributed by atoms with E-state index in [0.717, 1.165) is 40.3 Å². The molecule has 2 aromatic carbocycles. The lowest BCUT2D eigenvalue weighted by Crippen LogP contribution is -2.22. The van der Waals surface area contributed by atoms with Gasteiger partial charge in [-0.15, -0.1) is 11.3 Å². The number of rotatable bonds is 10. The van der Waals surface area contributed by atoms with E-state index in [9.17, 15) is 4.79 Å². The van der Waals surface area contributed by atoms with E-state index in [2.05, 4.69) is 30.7 Å². The second-order valence-corrected chi connectivity index (χ2v) is 10.9. The van der Waals surface area contributed by atoms with Crippen molar-refractivity contribution >= 4 is 17.0 Å². The van der Waals surface area contributed by atoms with Crippen molar-refractivity contribution < 1.29 is 14.2 Å². The van der Waals surface area contributed by atoms with Gasteiger partial charge in [0.25, 0.3) is 5.56 Å². The molecular formula is C30H38N4O4S. The van der Waals surface area contributed by atoms with Crippen molar-refractivity contribution in [3.8, 4) is 34.2 Å². The summed E-state index contributed by atoms with van der Waals surface area (Å²) in [6.45, 7) is 8.60. The maximum absolute atomic E-state index is 13.6. The second-order valence-electron chi connectivity index (χ2n) is 10.0. The lowest BCUT2D eigenvalue weighted by molar-refractivity contribution is 0.324. The highest BCUT2D eigenvalue weighted by molar-refractivity contribution is 7.07. The van der Waals surface area contributed by atoms with Crippen LogP contribution in [0.25, 0.3) is 16.9 Å². The summed E-state index contributed by atoms with van der Waals surface area (Å²) in [7, 11) is 6.72. The molecule has 2 aromatic heterocycles. The van der Waals surface area contributed by atoms with Crippen LogP contribution < -0.4 is 24.6 Å². The summed E-state index contributed by atoms with van der Waals surface area (Å²) >= 11 is 1.52. The van der Waals surface area contributed by atoms with Gasteiger partial charge < -0.3 is 18.8 Å². The molecule has 0 saturated heterocycles. The van der Waals surface area contributed by atoms with Crippen molar-refractivity contribution in [1.82, 2.24) is 13.9 Å². The molecule has 0 aliphatic rings. The Kier molecular flexibility index (Phi) is 8.70. The molecule has 0 amide bonds. The van der Waals surface area contributed by atoms with Gasteiger partial charge in [-0.1, -0.05) is 32.0 Å². The maximum atomic E-state index is 13.6. The predicted octanol–water partition coefficient (Wildman–Crippen LogP) is 6.27. The fourth-order valence-electron chi connectivity index (χ4n) is 4.75. The summed E-state index contributed by atoms with van der Waals surface area (Å²) in [5.41, 5.74) is 3.79. The van der Waals surface area contributed by atoms with Crippen molar-refractivity contribution in [2.75, 3.05) is 21.3 Å². The minimum atomic E-state index is -0.148. The third kappa shape index (κ3) is 5.54. The first-order chi connectivity index (χ1) is 18.7. The van der Waals surface area contributed by atoms with E-state index >= 15 is 0 Å². The average Bonchev–Trinajstić information content (AvgIpc) is 3.45. The Labute approximate surface area is 233 Å². The molecule has 0 N–H and O–H groups in total. The number of hydrogen-bond acceptors (Lipinski definition) is 6. The Hall–Kier alpha value is -3.72. The molecule has 208 valence electrons. The van der Waals surface area contributed by atoms with Crippen LogP contribution in [0.1, 0.15) is 45.3 Å². The minimum absolute atomic E-state index is 0.145. The molecule has 0 saturated carbocycles. The van der Waals surface area contributed by atoms with Gasteiger partial charge in [0.05, 0.1) is 38.4 Å². The van der Waals surface area contributed by atoms with Crippen LogP contribution in [0.4, 0.5) is 5.69 Å². The van der Waals surface area contributed by atoms with Gasteiger partial charge >= 0.3 is 0 Å². The third-order valence-electron chi connectivity index (χ3n) is 7.04. The summed E-state index contributed by atoms with van der Waals surface area (Å²) in [4.78, 5) is 19.4. The highest BCUT2D eigenvalue weighted by atomic mass is 32.1. The summed E-state index contributed by atoms with van der Waals surface area (Å²) in [6.07, 6.45) is 2.05. The Morgan fingerprint density at radius 3 is 2.15 bits per heavy atom. The summed E-state index contributed by atoms with van der Waals surface area (Å²) < 4.78 is 22.5. The van der Waals surface area contributed by atoms with Gasteiger partial charge in [0, 0.05) is 24.0 Å². The van der Waals surface area contributed by atoms with Crippen LogP contribution >= 0.6 is 11.3 Å². The van der Waals surface area contributed by atoms with Gasteiger partial charge in [-0.25, -0.2) is 9.67 Å². The zero-order valence-electron chi connectivity index (χ0n) is 24.0. The lowest BCUT2D eigenvalue weighted by Gasteiger charge is -2.20. The van der Waals surface area contributed by atoms with Crippen molar-refractivity contribution in [2.24, 2.45) is 18.0 Å². The molecule has 8 nitrogen and oxygen atoms in total. The number of aromatic nitrogens is 3. The van der Waals surface area contributed by atoms with Crippen molar-refractivity contribution in [1.29, 1.82) is 0 Å². The zero-order chi connectivity index (χ0) is 28.3. The SMILES string of the molecule is COc1cc(-c2csc(=Nc3c(C)n(C)n(-c4ccccc4)c3=O)n2C(C)CCC(C)C)cc(OC)c1OC. The smallest absolute Gasteiger partial charge is 0.297 e. The van der Waals surface area contributed by atoms with Gasteiger partial charge in [0.15, 0.2) is 22.0 Å². The second kappa shape index (κ2) is 12.0. The molecule has 1 atom stereocenters. The number of methoxy groups -OCH3 is 3. The molecule has 4 aromatic rings. The van der Waals surface area contributed by atoms with E-state index in [1.807, 2.05) is 61.1 Å².